The van der Waals surface area contributed by atoms with Gasteiger partial charge in [0.1, 0.15) is 0 Å². The number of carbonyl (C=O) groups excluding carboxylic acids is 1. The van der Waals surface area contributed by atoms with Gasteiger partial charge in [0.2, 0.25) is 0 Å². The molecule has 2 saturated heterocycles. The number of benzene rings is 1. The van der Waals surface area contributed by atoms with Gasteiger partial charge in [-0.05, 0) is 83.2 Å². The second-order valence-electron chi connectivity index (χ2n) is 9.32. The van der Waals surface area contributed by atoms with Crippen LogP contribution in [-0.2, 0) is 6.42 Å². The van der Waals surface area contributed by atoms with E-state index in [-0.39, 0.29) is 5.91 Å². The van der Waals surface area contributed by atoms with Crippen molar-refractivity contribution in [1.29, 1.82) is 0 Å². The highest BCUT2D eigenvalue weighted by Crippen LogP contribution is 2.38. The summed E-state index contributed by atoms with van der Waals surface area (Å²) in [7, 11) is 0. The van der Waals surface area contributed by atoms with Crippen molar-refractivity contribution in [2.75, 3.05) is 32.7 Å². The first-order valence-corrected chi connectivity index (χ1v) is 10.6. The first kappa shape index (κ1) is 20.3. The maximum Gasteiger partial charge on any atom is 0.253 e. The summed E-state index contributed by atoms with van der Waals surface area (Å²) in [5.41, 5.74) is 1.54. The Morgan fingerprint density at radius 2 is 1.93 bits per heavy atom. The predicted molar refractivity (Wildman–Crippen MR) is 110 cm³/mol. The van der Waals surface area contributed by atoms with Crippen LogP contribution in [0.25, 0.3) is 0 Å². The van der Waals surface area contributed by atoms with Crippen LogP contribution < -0.4 is 0 Å². The van der Waals surface area contributed by atoms with Crippen molar-refractivity contribution < 1.29 is 9.90 Å². The summed E-state index contributed by atoms with van der Waals surface area (Å²) in [5.74, 6) is 0.174. The third-order valence-corrected chi connectivity index (χ3v) is 6.34. The molecule has 0 saturated carbocycles. The van der Waals surface area contributed by atoms with Crippen LogP contribution in [0.1, 0.15) is 68.8 Å². The maximum atomic E-state index is 13.2. The van der Waals surface area contributed by atoms with Gasteiger partial charge in [0.25, 0.3) is 5.91 Å². The van der Waals surface area contributed by atoms with Crippen LogP contribution in [0.5, 0.6) is 0 Å². The van der Waals surface area contributed by atoms with E-state index in [0.717, 1.165) is 50.1 Å². The molecule has 3 rings (SSSR count). The Hall–Kier alpha value is -1.39. The van der Waals surface area contributed by atoms with Crippen molar-refractivity contribution in [3.8, 4) is 0 Å². The second kappa shape index (κ2) is 8.32. The van der Waals surface area contributed by atoms with E-state index >= 15 is 0 Å². The number of amides is 1. The normalized spacial score (nSPS) is 24.4. The molecular weight excluding hydrogens is 336 g/mol. The molecule has 1 aromatic rings. The fraction of sp³-hybridized carbons (Fsp3) is 0.696. The number of piperidine rings is 2. The number of aryl methyl sites for hydroxylation is 1. The summed E-state index contributed by atoms with van der Waals surface area (Å²) in [6.07, 6.45) is 6.35. The third-order valence-electron chi connectivity index (χ3n) is 6.34. The monoisotopic (exact) mass is 372 g/mol. The first-order valence-electron chi connectivity index (χ1n) is 10.6. The van der Waals surface area contributed by atoms with Crippen LogP contribution in [0.4, 0.5) is 0 Å². The topological polar surface area (TPSA) is 43.8 Å². The van der Waals surface area contributed by atoms with Crippen molar-refractivity contribution >= 4 is 5.91 Å². The quantitative estimate of drug-likeness (QED) is 0.856. The third kappa shape index (κ3) is 5.32. The molecule has 1 spiro atoms. The number of nitrogens with zero attached hydrogens (tertiary/aromatic N) is 2. The predicted octanol–water partition coefficient (Wildman–Crippen LogP) is 3.73. The Morgan fingerprint density at radius 1 is 1.19 bits per heavy atom. The van der Waals surface area contributed by atoms with Gasteiger partial charge in [0, 0.05) is 30.6 Å². The zero-order valence-electron chi connectivity index (χ0n) is 17.3. The van der Waals surface area contributed by atoms with Crippen LogP contribution in [0, 0.1) is 5.41 Å². The largest absolute Gasteiger partial charge is 0.390 e. The molecule has 150 valence electrons. The maximum absolute atomic E-state index is 13.2. The molecule has 4 heteroatoms. The molecule has 2 aliphatic rings. The van der Waals surface area contributed by atoms with Gasteiger partial charge in [0.15, 0.2) is 0 Å². The average molecular weight is 373 g/mol. The molecular formula is C23H36N2O2. The Labute approximate surface area is 164 Å². The standard InChI is InChI=1S/C23H36N2O2/c1-4-24-14-6-11-23(17-24)12-7-15-25(18-23)21(26)20-9-5-8-19(16-20)10-13-22(2,3)27/h5,8-9,16,27H,4,6-7,10-15,17-18H2,1-3H3/t23-/m1/s1. The van der Waals surface area contributed by atoms with Crippen molar-refractivity contribution in [1.82, 2.24) is 9.80 Å². The molecule has 1 amide bonds. The molecule has 2 aliphatic heterocycles. The van der Waals surface area contributed by atoms with Gasteiger partial charge in [-0.25, -0.2) is 0 Å². The molecule has 0 radical (unpaired) electrons. The van der Waals surface area contributed by atoms with E-state index in [9.17, 15) is 9.90 Å². The minimum Gasteiger partial charge on any atom is -0.390 e. The second-order valence-corrected chi connectivity index (χ2v) is 9.32. The van der Waals surface area contributed by atoms with Crippen molar-refractivity contribution in [2.45, 2.75) is 64.9 Å². The highest BCUT2D eigenvalue weighted by molar-refractivity contribution is 5.94. The molecule has 2 heterocycles. The van der Waals surface area contributed by atoms with Crippen molar-refractivity contribution in [3.63, 3.8) is 0 Å². The molecule has 1 aromatic carbocycles. The van der Waals surface area contributed by atoms with Gasteiger partial charge in [-0.1, -0.05) is 19.1 Å². The molecule has 0 aromatic heterocycles. The average Bonchev–Trinajstić information content (AvgIpc) is 2.65. The van der Waals surface area contributed by atoms with E-state index in [4.69, 9.17) is 0 Å². The van der Waals surface area contributed by atoms with Gasteiger partial charge in [-0.3, -0.25) is 4.79 Å². The van der Waals surface area contributed by atoms with Gasteiger partial charge in [-0.15, -0.1) is 0 Å². The van der Waals surface area contributed by atoms with Crippen molar-refractivity contribution in [3.05, 3.63) is 35.4 Å². The molecule has 4 nitrogen and oxygen atoms in total. The first-order chi connectivity index (χ1) is 12.8. The number of likely N-dealkylation sites (tertiary alicyclic amines) is 2. The van der Waals surface area contributed by atoms with E-state index in [1.165, 1.54) is 25.8 Å². The summed E-state index contributed by atoms with van der Waals surface area (Å²) in [6, 6.07) is 8.00. The van der Waals surface area contributed by atoms with E-state index in [0.29, 0.717) is 11.8 Å². The number of carbonyl (C=O) groups is 1. The Kier molecular flexibility index (Phi) is 6.27. The smallest absolute Gasteiger partial charge is 0.253 e. The molecule has 0 unspecified atom stereocenters. The van der Waals surface area contributed by atoms with Crippen molar-refractivity contribution in [2.24, 2.45) is 5.41 Å². The summed E-state index contributed by atoms with van der Waals surface area (Å²) >= 11 is 0. The van der Waals surface area contributed by atoms with Crippen LogP contribution >= 0.6 is 0 Å². The van der Waals surface area contributed by atoms with Gasteiger partial charge >= 0.3 is 0 Å². The lowest BCUT2D eigenvalue weighted by atomic mass is 9.73. The summed E-state index contributed by atoms with van der Waals surface area (Å²) in [5, 5.41) is 9.96. The highest BCUT2D eigenvalue weighted by atomic mass is 16.3. The molecule has 0 bridgehead atoms. The highest BCUT2D eigenvalue weighted by Gasteiger charge is 2.40. The number of rotatable bonds is 5. The van der Waals surface area contributed by atoms with Crippen LogP contribution in [0.2, 0.25) is 0 Å². The zero-order chi connectivity index (χ0) is 19.5. The molecule has 1 N–H and O–H groups in total. The van der Waals surface area contributed by atoms with E-state index < -0.39 is 5.60 Å². The molecule has 1 atom stereocenters. The minimum atomic E-state index is -0.675. The molecule has 2 fully saturated rings. The van der Waals surface area contributed by atoms with Crippen LogP contribution in [0.3, 0.4) is 0 Å². The lowest BCUT2D eigenvalue weighted by molar-refractivity contribution is 0.0152. The Balaban J connectivity index is 1.68. The Morgan fingerprint density at radius 3 is 2.63 bits per heavy atom. The zero-order valence-corrected chi connectivity index (χ0v) is 17.3. The lowest BCUT2D eigenvalue weighted by Gasteiger charge is -2.48. The lowest BCUT2D eigenvalue weighted by Crippen LogP contribution is -2.53. The summed E-state index contributed by atoms with van der Waals surface area (Å²) in [4.78, 5) is 17.8. The van der Waals surface area contributed by atoms with E-state index in [2.05, 4.69) is 22.8 Å². The summed E-state index contributed by atoms with van der Waals surface area (Å²) in [6.45, 7) is 11.1. The van der Waals surface area contributed by atoms with E-state index in [1.807, 2.05) is 32.0 Å². The van der Waals surface area contributed by atoms with Crippen LogP contribution in [-0.4, -0.2) is 59.1 Å². The summed E-state index contributed by atoms with van der Waals surface area (Å²) < 4.78 is 0. The van der Waals surface area contributed by atoms with Gasteiger partial charge in [0.05, 0.1) is 5.60 Å². The molecule has 0 aliphatic carbocycles. The minimum absolute atomic E-state index is 0.174. The van der Waals surface area contributed by atoms with Gasteiger partial charge in [-0.2, -0.15) is 0 Å². The SMILES string of the molecule is CCN1CCC[C@@]2(CCCN(C(=O)c3cccc(CCC(C)(C)O)c3)C2)C1. The van der Waals surface area contributed by atoms with E-state index in [1.54, 1.807) is 0 Å². The number of hydrogen-bond donors (Lipinski definition) is 1. The van der Waals surface area contributed by atoms with Crippen LogP contribution in [0.15, 0.2) is 24.3 Å². The fourth-order valence-corrected chi connectivity index (χ4v) is 4.79. The van der Waals surface area contributed by atoms with Gasteiger partial charge < -0.3 is 14.9 Å². The number of aliphatic hydroxyl groups is 1. The Bertz CT molecular complexity index is 648. The molecule has 27 heavy (non-hydrogen) atoms. The fourth-order valence-electron chi connectivity index (χ4n) is 4.79. The number of hydrogen-bond acceptors (Lipinski definition) is 3.